The number of ether oxygens (including phenoxy) is 1. The molecule has 2 N–H and O–H groups in total. The van der Waals surface area contributed by atoms with Gasteiger partial charge >= 0.3 is 0 Å². The van der Waals surface area contributed by atoms with Gasteiger partial charge < -0.3 is 4.74 Å². The van der Waals surface area contributed by atoms with Crippen LogP contribution in [-0.2, 0) is 11.2 Å². The molecular formula is C18H16N4O3. The Morgan fingerprint density at radius 1 is 1.20 bits per heavy atom. The second-order valence-electron chi connectivity index (χ2n) is 5.26. The standard InChI is InChI=1S/C18H16N4O3/c1-25-16-9-5-2-6-12(16)11-19-21-17(23)10-15-13-7-3-4-8-14(13)18(24)22-20-15/h2-9,11H,10H2,1H3,(H,21,23)(H,22,24)/b19-11+. The molecule has 0 radical (unpaired) electrons. The van der Waals surface area contributed by atoms with Gasteiger partial charge in [-0.1, -0.05) is 30.3 Å². The molecule has 126 valence electrons. The van der Waals surface area contributed by atoms with Gasteiger partial charge in [0.25, 0.3) is 5.56 Å². The van der Waals surface area contributed by atoms with Crippen LogP contribution in [0.2, 0.25) is 0 Å². The van der Waals surface area contributed by atoms with E-state index < -0.39 is 0 Å². The maximum atomic E-state index is 12.1. The highest BCUT2D eigenvalue weighted by Crippen LogP contribution is 2.15. The Balaban J connectivity index is 1.72. The number of methoxy groups -OCH3 is 1. The van der Waals surface area contributed by atoms with Crippen LogP contribution in [0.5, 0.6) is 5.75 Å². The number of hydrogen-bond donors (Lipinski definition) is 2. The van der Waals surface area contributed by atoms with Gasteiger partial charge in [-0.25, -0.2) is 10.5 Å². The number of benzene rings is 2. The molecule has 7 nitrogen and oxygen atoms in total. The van der Waals surface area contributed by atoms with Crippen LogP contribution in [0, 0.1) is 0 Å². The summed E-state index contributed by atoms with van der Waals surface area (Å²) in [6.07, 6.45) is 1.51. The van der Waals surface area contributed by atoms with E-state index in [0.717, 1.165) is 5.56 Å². The molecule has 0 saturated heterocycles. The third kappa shape index (κ3) is 3.72. The summed E-state index contributed by atoms with van der Waals surface area (Å²) in [5, 5.41) is 11.5. The summed E-state index contributed by atoms with van der Waals surface area (Å²) in [5.41, 5.74) is 3.40. The normalized spacial score (nSPS) is 10.9. The van der Waals surface area contributed by atoms with Crippen molar-refractivity contribution in [3.05, 3.63) is 70.1 Å². The third-order valence-electron chi connectivity index (χ3n) is 3.63. The number of hydrogen-bond acceptors (Lipinski definition) is 5. The Kier molecular flexibility index (Phi) is 4.84. The minimum atomic E-state index is -0.337. The van der Waals surface area contributed by atoms with Crippen LogP contribution in [0.3, 0.4) is 0 Å². The fourth-order valence-corrected chi connectivity index (χ4v) is 2.44. The maximum absolute atomic E-state index is 12.1. The molecule has 0 spiro atoms. The van der Waals surface area contributed by atoms with Crippen LogP contribution in [0.25, 0.3) is 10.8 Å². The van der Waals surface area contributed by atoms with Crippen molar-refractivity contribution >= 4 is 22.9 Å². The van der Waals surface area contributed by atoms with Crippen molar-refractivity contribution in [2.75, 3.05) is 7.11 Å². The quantitative estimate of drug-likeness (QED) is 0.547. The Bertz CT molecular complexity index is 995. The van der Waals surface area contributed by atoms with Crippen molar-refractivity contribution in [3.63, 3.8) is 0 Å². The fraction of sp³-hybridized carbons (Fsp3) is 0.111. The van der Waals surface area contributed by atoms with Crippen molar-refractivity contribution in [2.45, 2.75) is 6.42 Å². The number of H-pyrrole nitrogens is 1. The van der Waals surface area contributed by atoms with Crippen molar-refractivity contribution in [1.29, 1.82) is 0 Å². The molecule has 2 aromatic carbocycles. The molecule has 3 aromatic rings. The summed E-state index contributed by atoms with van der Waals surface area (Å²) < 4.78 is 5.21. The number of fused-ring (bicyclic) bond motifs is 1. The highest BCUT2D eigenvalue weighted by molar-refractivity contribution is 5.89. The van der Waals surface area contributed by atoms with Gasteiger partial charge in [0.1, 0.15) is 5.75 Å². The van der Waals surface area contributed by atoms with Gasteiger partial charge in [0.05, 0.1) is 30.8 Å². The zero-order valence-corrected chi connectivity index (χ0v) is 13.5. The van der Waals surface area contributed by atoms with Crippen LogP contribution in [-0.4, -0.2) is 29.4 Å². The summed E-state index contributed by atoms with van der Waals surface area (Å²) >= 11 is 0. The lowest BCUT2D eigenvalue weighted by atomic mass is 10.1. The Labute approximate surface area is 143 Å². The number of nitrogens with one attached hydrogen (secondary N) is 2. The molecule has 0 aliphatic heterocycles. The average Bonchev–Trinajstić information content (AvgIpc) is 2.65. The van der Waals surface area contributed by atoms with Crippen molar-refractivity contribution in [3.8, 4) is 5.75 Å². The highest BCUT2D eigenvalue weighted by Gasteiger charge is 2.10. The number of aromatic nitrogens is 2. The zero-order chi connectivity index (χ0) is 17.6. The van der Waals surface area contributed by atoms with Gasteiger partial charge in [0, 0.05) is 10.9 Å². The molecule has 0 atom stereocenters. The molecule has 0 bridgehead atoms. The molecule has 0 unspecified atom stereocenters. The molecule has 0 saturated carbocycles. The maximum Gasteiger partial charge on any atom is 0.272 e. The number of aromatic amines is 1. The van der Waals surface area contributed by atoms with Crippen LogP contribution in [0.4, 0.5) is 0 Å². The first-order valence-corrected chi connectivity index (χ1v) is 7.60. The van der Waals surface area contributed by atoms with E-state index in [9.17, 15) is 9.59 Å². The van der Waals surface area contributed by atoms with Crippen molar-refractivity contribution < 1.29 is 9.53 Å². The highest BCUT2D eigenvalue weighted by atomic mass is 16.5. The molecule has 3 rings (SSSR count). The van der Waals surface area contributed by atoms with Crippen LogP contribution >= 0.6 is 0 Å². The molecule has 0 fully saturated rings. The van der Waals surface area contributed by atoms with Crippen LogP contribution < -0.4 is 15.7 Å². The van der Waals surface area contributed by atoms with E-state index in [1.165, 1.54) is 6.21 Å². The van der Waals surface area contributed by atoms with E-state index in [1.54, 1.807) is 37.4 Å². The van der Waals surface area contributed by atoms with E-state index in [2.05, 4.69) is 20.7 Å². The van der Waals surface area contributed by atoms with Gasteiger partial charge in [-0.3, -0.25) is 9.59 Å². The predicted octanol–water partition coefficient (Wildman–Crippen LogP) is 1.62. The second-order valence-corrected chi connectivity index (χ2v) is 5.26. The monoisotopic (exact) mass is 336 g/mol. The smallest absolute Gasteiger partial charge is 0.272 e. The Morgan fingerprint density at radius 2 is 1.92 bits per heavy atom. The minimum Gasteiger partial charge on any atom is -0.496 e. The average molecular weight is 336 g/mol. The fourth-order valence-electron chi connectivity index (χ4n) is 2.44. The molecule has 7 heteroatoms. The SMILES string of the molecule is COc1ccccc1/C=N/NC(=O)Cc1n[nH]c(=O)c2ccccc12. The summed E-state index contributed by atoms with van der Waals surface area (Å²) in [5.74, 6) is 0.324. The van der Waals surface area contributed by atoms with Crippen LogP contribution in [0.15, 0.2) is 58.4 Å². The Hall–Kier alpha value is -3.48. The van der Waals surface area contributed by atoms with E-state index in [0.29, 0.717) is 22.2 Å². The molecule has 1 amide bonds. The number of rotatable bonds is 5. The summed E-state index contributed by atoms with van der Waals surface area (Å²) in [6.45, 7) is 0. The first kappa shape index (κ1) is 16.4. The third-order valence-corrected chi connectivity index (χ3v) is 3.63. The van der Waals surface area contributed by atoms with Gasteiger partial charge in [-0.15, -0.1) is 0 Å². The molecule has 1 aromatic heterocycles. The lowest BCUT2D eigenvalue weighted by Gasteiger charge is -2.04. The Morgan fingerprint density at radius 3 is 2.72 bits per heavy atom. The summed E-state index contributed by atoms with van der Waals surface area (Å²) in [4.78, 5) is 23.8. The molecule has 1 heterocycles. The molecular weight excluding hydrogens is 320 g/mol. The lowest BCUT2D eigenvalue weighted by molar-refractivity contribution is -0.120. The first-order chi connectivity index (χ1) is 12.2. The van der Waals surface area contributed by atoms with E-state index in [-0.39, 0.29) is 17.9 Å². The number of carbonyl (C=O) groups is 1. The minimum absolute atomic E-state index is 0.000554. The van der Waals surface area contributed by atoms with E-state index in [4.69, 9.17) is 4.74 Å². The second kappa shape index (κ2) is 7.39. The molecule has 0 aliphatic rings. The topological polar surface area (TPSA) is 96.4 Å². The number of hydrazone groups is 1. The van der Waals surface area contributed by atoms with Crippen LogP contribution in [0.1, 0.15) is 11.3 Å². The van der Waals surface area contributed by atoms with E-state index >= 15 is 0 Å². The van der Waals surface area contributed by atoms with Gasteiger partial charge in [-0.2, -0.15) is 10.2 Å². The number of carbonyl (C=O) groups excluding carboxylic acids is 1. The molecule has 0 aliphatic carbocycles. The number of amides is 1. The van der Waals surface area contributed by atoms with Gasteiger partial charge in [0.2, 0.25) is 5.91 Å². The van der Waals surface area contributed by atoms with E-state index in [1.807, 2.05) is 18.2 Å². The number of para-hydroxylation sites is 1. The number of nitrogens with zero attached hydrogens (tertiary/aromatic N) is 2. The largest absolute Gasteiger partial charge is 0.496 e. The van der Waals surface area contributed by atoms with Crippen molar-refractivity contribution in [1.82, 2.24) is 15.6 Å². The molecule has 25 heavy (non-hydrogen) atoms. The predicted molar refractivity (Wildman–Crippen MR) is 94.8 cm³/mol. The van der Waals surface area contributed by atoms with Gasteiger partial charge in [0.15, 0.2) is 0 Å². The summed E-state index contributed by atoms with van der Waals surface area (Å²) in [7, 11) is 1.57. The van der Waals surface area contributed by atoms with Crippen molar-refractivity contribution in [2.24, 2.45) is 5.10 Å². The first-order valence-electron chi connectivity index (χ1n) is 7.60. The lowest BCUT2D eigenvalue weighted by Crippen LogP contribution is -2.22. The summed E-state index contributed by atoms with van der Waals surface area (Å²) in [6, 6.07) is 14.3. The zero-order valence-electron chi connectivity index (χ0n) is 13.5. The van der Waals surface area contributed by atoms with Gasteiger partial charge in [-0.05, 0) is 18.2 Å².